The monoisotopic (exact) mass is 296 g/mol. The molecule has 1 aromatic rings. The van der Waals surface area contributed by atoms with Crippen molar-refractivity contribution in [2.75, 3.05) is 14.2 Å². The van der Waals surface area contributed by atoms with Crippen molar-refractivity contribution in [3.8, 4) is 11.5 Å². The summed E-state index contributed by atoms with van der Waals surface area (Å²) in [5.41, 5.74) is 0.520. The molecule has 0 aliphatic carbocycles. The van der Waals surface area contributed by atoms with E-state index in [1.54, 1.807) is 19.2 Å². The quantitative estimate of drug-likeness (QED) is 0.799. The maximum atomic E-state index is 12.5. The van der Waals surface area contributed by atoms with E-state index in [0.29, 0.717) is 17.1 Å². The predicted octanol–water partition coefficient (Wildman–Crippen LogP) is 2.78. The maximum absolute atomic E-state index is 12.5. The molecule has 0 saturated heterocycles. The van der Waals surface area contributed by atoms with Gasteiger partial charge in [-0.3, -0.25) is 0 Å². The minimum atomic E-state index is -0.545. The summed E-state index contributed by atoms with van der Waals surface area (Å²) in [6.07, 6.45) is 0. The Morgan fingerprint density at radius 3 is 2.46 bits per heavy atom. The number of ether oxygens (including phenoxy) is 2. The zero-order valence-corrected chi connectivity index (χ0v) is 9.59. The average Bonchev–Trinajstić information content (AvgIpc) is 2.16. The molecule has 4 heteroatoms. The first kappa shape index (κ1) is 10.6. The molecule has 0 aliphatic heterocycles. The first-order chi connectivity index (χ1) is 6.22. The molecule has 72 valence electrons. The fourth-order valence-corrected chi connectivity index (χ4v) is 1.94. The highest BCUT2D eigenvalue weighted by molar-refractivity contribution is 14.1. The molecular formula is C9H10FIO2. The van der Waals surface area contributed by atoms with Gasteiger partial charge in [0.1, 0.15) is 18.2 Å². The van der Waals surface area contributed by atoms with E-state index >= 15 is 0 Å². The zero-order valence-electron chi connectivity index (χ0n) is 7.43. The van der Waals surface area contributed by atoms with Crippen molar-refractivity contribution in [2.45, 2.75) is 6.67 Å². The second-order valence-electron chi connectivity index (χ2n) is 2.44. The van der Waals surface area contributed by atoms with E-state index in [9.17, 15) is 4.39 Å². The van der Waals surface area contributed by atoms with Crippen molar-refractivity contribution in [3.05, 3.63) is 21.3 Å². The molecule has 0 saturated carbocycles. The molecule has 0 aromatic heterocycles. The maximum Gasteiger partial charge on any atom is 0.138 e. The summed E-state index contributed by atoms with van der Waals surface area (Å²) in [5, 5.41) is 0. The largest absolute Gasteiger partial charge is 0.497 e. The lowest BCUT2D eigenvalue weighted by Crippen LogP contribution is -1.95. The summed E-state index contributed by atoms with van der Waals surface area (Å²) in [5.74, 6) is 1.24. The van der Waals surface area contributed by atoms with E-state index in [4.69, 9.17) is 9.47 Å². The number of halogens is 2. The van der Waals surface area contributed by atoms with Gasteiger partial charge in [0.25, 0.3) is 0 Å². The molecule has 1 aromatic carbocycles. The third-order valence-corrected chi connectivity index (χ3v) is 2.48. The van der Waals surface area contributed by atoms with Crippen LogP contribution in [0.15, 0.2) is 12.1 Å². The fraction of sp³-hybridized carbons (Fsp3) is 0.333. The molecular weight excluding hydrogens is 286 g/mol. The van der Waals surface area contributed by atoms with Crippen LogP contribution in [-0.2, 0) is 6.67 Å². The second-order valence-corrected chi connectivity index (χ2v) is 3.60. The normalized spacial score (nSPS) is 9.85. The van der Waals surface area contributed by atoms with Crippen molar-refractivity contribution in [1.29, 1.82) is 0 Å². The molecule has 0 amide bonds. The molecule has 0 fully saturated rings. The van der Waals surface area contributed by atoms with Crippen LogP contribution in [0.1, 0.15) is 5.56 Å². The van der Waals surface area contributed by atoms with Gasteiger partial charge < -0.3 is 9.47 Å². The molecule has 0 unspecified atom stereocenters. The van der Waals surface area contributed by atoms with Gasteiger partial charge in [-0.1, -0.05) is 0 Å². The number of methoxy groups -OCH3 is 2. The van der Waals surface area contributed by atoms with Gasteiger partial charge in [0.05, 0.1) is 17.8 Å². The summed E-state index contributed by atoms with van der Waals surface area (Å²) in [7, 11) is 3.09. The van der Waals surface area contributed by atoms with E-state index in [-0.39, 0.29) is 0 Å². The molecule has 0 spiro atoms. The lowest BCUT2D eigenvalue weighted by Gasteiger charge is -2.09. The molecule has 1 rings (SSSR count). The Hall–Kier alpha value is -0.520. The van der Waals surface area contributed by atoms with Crippen LogP contribution in [0.3, 0.4) is 0 Å². The number of hydrogen-bond acceptors (Lipinski definition) is 2. The minimum Gasteiger partial charge on any atom is -0.497 e. The molecule has 0 bridgehead atoms. The van der Waals surface area contributed by atoms with Gasteiger partial charge in [0, 0.05) is 5.56 Å². The first-order valence-electron chi connectivity index (χ1n) is 3.69. The summed E-state index contributed by atoms with van der Waals surface area (Å²) in [6, 6.07) is 3.44. The number of alkyl halides is 1. The second kappa shape index (κ2) is 4.64. The van der Waals surface area contributed by atoms with E-state index in [1.807, 2.05) is 0 Å². The van der Waals surface area contributed by atoms with Crippen LogP contribution in [0.5, 0.6) is 11.5 Å². The van der Waals surface area contributed by atoms with Crippen LogP contribution in [0, 0.1) is 3.57 Å². The highest BCUT2D eigenvalue weighted by Crippen LogP contribution is 2.30. The van der Waals surface area contributed by atoms with E-state index in [0.717, 1.165) is 3.57 Å². The molecule has 0 atom stereocenters. The predicted molar refractivity (Wildman–Crippen MR) is 57.1 cm³/mol. The Morgan fingerprint density at radius 1 is 1.31 bits per heavy atom. The average molecular weight is 296 g/mol. The smallest absolute Gasteiger partial charge is 0.138 e. The van der Waals surface area contributed by atoms with E-state index in [2.05, 4.69) is 22.6 Å². The Morgan fingerprint density at radius 2 is 2.00 bits per heavy atom. The molecule has 0 aliphatic rings. The van der Waals surface area contributed by atoms with Crippen LogP contribution in [0.25, 0.3) is 0 Å². The molecule has 0 radical (unpaired) electrons. The highest BCUT2D eigenvalue weighted by atomic mass is 127. The van der Waals surface area contributed by atoms with Crippen molar-refractivity contribution in [2.24, 2.45) is 0 Å². The Labute approximate surface area is 90.2 Å². The van der Waals surface area contributed by atoms with Gasteiger partial charge >= 0.3 is 0 Å². The third-order valence-electron chi connectivity index (χ3n) is 1.68. The molecule has 0 heterocycles. The first-order valence-corrected chi connectivity index (χ1v) is 4.77. The van der Waals surface area contributed by atoms with Crippen molar-refractivity contribution < 1.29 is 13.9 Å². The number of hydrogen-bond donors (Lipinski definition) is 0. The SMILES string of the molecule is COc1cc(I)c(OC)c(CF)c1. The lowest BCUT2D eigenvalue weighted by atomic mass is 10.2. The fourth-order valence-electron chi connectivity index (χ4n) is 1.07. The van der Waals surface area contributed by atoms with E-state index < -0.39 is 6.67 Å². The topological polar surface area (TPSA) is 18.5 Å². The van der Waals surface area contributed by atoms with Gasteiger partial charge in [0.15, 0.2) is 0 Å². The van der Waals surface area contributed by atoms with Gasteiger partial charge in [-0.25, -0.2) is 4.39 Å². The summed E-state index contributed by atoms with van der Waals surface area (Å²) < 4.78 is 23.5. The summed E-state index contributed by atoms with van der Waals surface area (Å²) in [6.45, 7) is -0.545. The summed E-state index contributed by atoms with van der Waals surface area (Å²) in [4.78, 5) is 0. The standard InChI is InChI=1S/C9H10FIO2/c1-12-7-3-6(5-10)9(13-2)8(11)4-7/h3-4H,5H2,1-2H3. The Bertz CT molecular complexity index is 302. The van der Waals surface area contributed by atoms with Gasteiger partial charge in [0.2, 0.25) is 0 Å². The van der Waals surface area contributed by atoms with Gasteiger partial charge in [-0.2, -0.15) is 0 Å². The van der Waals surface area contributed by atoms with Crippen LogP contribution in [0.4, 0.5) is 4.39 Å². The Balaban J connectivity index is 3.20. The Kier molecular flexibility index (Phi) is 3.77. The van der Waals surface area contributed by atoms with Crippen molar-refractivity contribution in [1.82, 2.24) is 0 Å². The van der Waals surface area contributed by atoms with Crippen molar-refractivity contribution >= 4 is 22.6 Å². The van der Waals surface area contributed by atoms with Crippen LogP contribution >= 0.6 is 22.6 Å². The summed E-state index contributed by atoms with van der Waals surface area (Å²) >= 11 is 2.09. The third kappa shape index (κ3) is 2.24. The minimum absolute atomic E-state index is 0.520. The number of benzene rings is 1. The van der Waals surface area contributed by atoms with Crippen LogP contribution in [0.2, 0.25) is 0 Å². The van der Waals surface area contributed by atoms with E-state index in [1.165, 1.54) is 7.11 Å². The lowest BCUT2D eigenvalue weighted by molar-refractivity contribution is 0.382. The highest BCUT2D eigenvalue weighted by Gasteiger charge is 2.09. The number of rotatable bonds is 3. The molecule has 0 N–H and O–H groups in total. The van der Waals surface area contributed by atoms with Gasteiger partial charge in [-0.15, -0.1) is 0 Å². The van der Waals surface area contributed by atoms with Crippen molar-refractivity contribution in [3.63, 3.8) is 0 Å². The van der Waals surface area contributed by atoms with Crippen LogP contribution in [-0.4, -0.2) is 14.2 Å². The van der Waals surface area contributed by atoms with Gasteiger partial charge in [-0.05, 0) is 34.7 Å². The van der Waals surface area contributed by atoms with Crippen LogP contribution < -0.4 is 9.47 Å². The zero-order chi connectivity index (χ0) is 9.84. The molecule has 13 heavy (non-hydrogen) atoms. The molecule has 2 nitrogen and oxygen atoms in total.